The number of hydrogen-bond donors (Lipinski definition) is 0. The average molecular weight is 461 g/mol. The molecule has 3 saturated carbocycles. The molecule has 0 nitrogen and oxygen atoms in total. The smallest absolute Gasteiger partial charge is 0.00550 e. The van der Waals surface area contributed by atoms with Crippen LogP contribution in [0.3, 0.4) is 0 Å². The minimum atomic E-state index is 0.303. The fourth-order valence-electron chi connectivity index (χ4n) is 8.73. The van der Waals surface area contributed by atoms with Crippen molar-refractivity contribution in [3.8, 4) is 11.1 Å². The van der Waals surface area contributed by atoms with E-state index in [2.05, 4.69) is 80.3 Å². The molecule has 2 aromatic rings. The minimum Gasteiger partial charge on any atom is -0.105 e. The lowest BCUT2D eigenvalue weighted by molar-refractivity contribution is 0.196. The first-order valence-electron chi connectivity index (χ1n) is 13.8. The SMILES string of the molecule is CC(C)c1cc(C(C)C)c(-c2ccccc2P)c(C2(C)C3(CCCCC3)C23CCCCC3)c1. The topological polar surface area (TPSA) is 0 Å². The molecule has 0 heterocycles. The third-order valence-corrected chi connectivity index (χ3v) is 10.9. The number of benzene rings is 2. The minimum absolute atomic E-state index is 0.303. The Kier molecular flexibility index (Phi) is 6.09. The van der Waals surface area contributed by atoms with Gasteiger partial charge in [0.1, 0.15) is 0 Å². The lowest BCUT2D eigenvalue weighted by Crippen LogP contribution is -2.21. The van der Waals surface area contributed by atoms with Crippen LogP contribution in [0.1, 0.15) is 127 Å². The van der Waals surface area contributed by atoms with E-state index in [1.54, 1.807) is 22.3 Å². The van der Waals surface area contributed by atoms with Gasteiger partial charge >= 0.3 is 0 Å². The molecular formula is C32H45P. The van der Waals surface area contributed by atoms with Crippen LogP contribution in [0.5, 0.6) is 0 Å². The van der Waals surface area contributed by atoms with Crippen molar-refractivity contribution in [2.45, 2.75) is 116 Å². The second-order valence-electron chi connectivity index (χ2n) is 12.3. The van der Waals surface area contributed by atoms with Crippen molar-refractivity contribution in [3.05, 3.63) is 53.1 Å². The summed E-state index contributed by atoms with van der Waals surface area (Å²) in [5.74, 6) is 1.09. The molecule has 3 fully saturated rings. The Morgan fingerprint density at radius 1 is 0.727 bits per heavy atom. The summed E-state index contributed by atoms with van der Waals surface area (Å²) in [6.45, 7) is 12.3. The summed E-state index contributed by atoms with van der Waals surface area (Å²) in [6.07, 6.45) is 14.5. The second-order valence-corrected chi connectivity index (χ2v) is 13.0. The zero-order chi connectivity index (χ0) is 23.4. The number of fused-ring (bicyclic) bond motifs is 1. The maximum absolute atomic E-state index is 3.05. The molecule has 5 rings (SSSR count). The van der Waals surface area contributed by atoms with Crippen LogP contribution in [0, 0.1) is 10.8 Å². The zero-order valence-electron chi connectivity index (χ0n) is 21.8. The standard InChI is InChI=1S/C32H45P/c1-22(2)24-20-26(23(3)4)29(25-14-8-9-15-28(25)33)27(21-24)30(5)31(16-10-6-11-17-31)32(30)18-12-7-13-19-32/h8-9,14-15,20-23H,6-7,10-13,16-19,33H2,1-5H3. The van der Waals surface area contributed by atoms with Gasteiger partial charge in [0.2, 0.25) is 0 Å². The van der Waals surface area contributed by atoms with E-state index in [0.717, 1.165) is 0 Å². The van der Waals surface area contributed by atoms with E-state index < -0.39 is 0 Å². The fraction of sp³-hybridized carbons (Fsp3) is 0.625. The molecule has 0 bridgehead atoms. The Hall–Kier alpha value is -1.13. The fourth-order valence-corrected chi connectivity index (χ4v) is 9.08. The highest BCUT2D eigenvalue weighted by molar-refractivity contribution is 7.28. The molecule has 0 aliphatic heterocycles. The van der Waals surface area contributed by atoms with Gasteiger partial charge in [-0.2, -0.15) is 0 Å². The van der Waals surface area contributed by atoms with Gasteiger partial charge in [-0.05, 0) is 81.5 Å². The van der Waals surface area contributed by atoms with Gasteiger partial charge in [0.25, 0.3) is 0 Å². The molecule has 0 saturated heterocycles. The van der Waals surface area contributed by atoms with Crippen LogP contribution >= 0.6 is 9.24 Å². The molecule has 0 N–H and O–H groups in total. The van der Waals surface area contributed by atoms with Crippen LogP contribution in [-0.4, -0.2) is 0 Å². The quantitative estimate of drug-likeness (QED) is 0.399. The van der Waals surface area contributed by atoms with Gasteiger partial charge in [0, 0.05) is 5.41 Å². The Bertz CT molecular complexity index is 991. The van der Waals surface area contributed by atoms with E-state index in [4.69, 9.17) is 0 Å². The van der Waals surface area contributed by atoms with Crippen LogP contribution < -0.4 is 5.30 Å². The van der Waals surface area contributed by atoms with Crippen LogP contribution in [0.2, 0.25) is 0 Å². The summed E-state index contributed by atoms with van der Waals surface area (Å²) in [5, 5.41) is 1.34. The summed E-state index contributed by atoms with van der Waals surface area (Å²) in [5.41, 5.74) is 9.19. The molecule has 0 radical (unpaired) electrons. The highest BCUT2D eigenvalue weighted by Crippen LogP contribution is 2.87. The number of hydrogen-bond acceptors (Lipinski definition) is 0. The third-order valence-electron chi connectivity index (χ3n) is 10.4. The summed E-state index contributed by atoms with van der Waals surface area (Å²) in [4.78, 5) is 0. The first-order valence-corrected chi connectivity index (χ1v) is 14.4. The molecule has 3 aliphatic carbocycles. The van der Waals surface area contributed by atoms with Crippen molar-refractivity contribution >= 4 is 14.5 Å². The van der Waals surface area contributed by atoms with Crippen molar-refractivity contribution in [2.75, 3.05) is 0 Å². The van der Waals surface area contributed by atoms with Crippen molar-refractivity contribution in [1.29, 1.82) is 0 Å². The molecule has 178 valence electrons. The van der Waals surface area contributed by atoms with Crippen molar-refractivity contribution in [3.63, 3.8) is 0 Å². The summed E-state index contributed by atoms with van der Waals surface area (Å²) in [6, 6.07) is 14.3. The largest absolute Gasteiger partial charge is 0.105 e. The van der Waals surface area contributed by atoms with E-state index in [9.17, 15) is 0 Å². The number of rotatable bonds is 4. The first kappa shape index (κ1) is 23.6. The van der Waals surface area contributed by atoms with Crippen molar-refractivity contribution < 1.29 is 0 Å². The molecule has 2 spiro atoms. The Morgan fingerprint density at radius 2 is 1.27 bits per heavy atom. The lowest BCUT2D eigenvalue weighted by Gasteiger charge is -2.31. The van der Waals surface area contributed by atoms with E-state index in [1.165, 1.54) is 75.1 Å². The van der Waals surface area contributed by atoms with Gasteiger partial charge in [0.15, 0.2) is 0 Å². The maximum atomic E-state index is 3.05. The van der Waals surface area contributed by atoms with Gasteiger partial charge in [-0.3, -0.25) is 0 Å². The van der Waals surface area contributed by atoms with Crippen LogP contribution in [0.4, 0.5) is 0 Å². The molecular weight excluding hydrogens is 415 g/mol. The predicted octanol–water partition coefficient (Wildman–Crippen LogP) is 9.27. The molecule has 0 amide bonds. The zero-order valence-corrected chi connectivity index (χ0v) is 22.9. The molecule has 1 atom stereocenters. The summed E-state index contributed by atoms with van der Waals surface area (Å²) >= 11 is 0. The molecule has 3 aliphatic rings. The average Bonchev–Trinajstić information content (AvgIpc) is 3.23. The molecule has 1 heteroatoms. The van der Waals surface area contributed by atoms with Gasteiger partial charge in [-0.15, -0.1) is 9.24 Å². The molecule has 1 unspecified atom stereocenters. The highest BCUT2D eigenvalue weighted by atomic mass is 31.0. The van der Waals surface area contributed by atoms with Crippen molar-refractivity contribution in [2.24, 2.45) is 10.8 Å². The van der Waals surface area contributed by atoms with Gasteiger partial charge in [-0.25, -0.2) is 0 Å². The van der Waals surface area contributed by atoms with Crippen LogP contribution in [-0.2, 0) is 5.41 Å². The Morgan fingerprint density at radius 3 is 1.76 bits per heavy atom. The predicted molar refractivity (Wildman–Crippen MR) is 148 cm³/mol. The van der Waals surface area contributed by atoms with E-state index in [0.29, 0.717) is 28.1 Å². The first-order chi connectivity index (χ1) is 15.8. The monoisotopic (exact) mass is 460 g/mol. The second kappa shape index (κ2) is 8.52. The van der Waals surface area contributed by atoms with E-state index in [-0.39, 0.29) is 0 Å². The van der Waals surface area contributed by atoms with Crippen LogP contribution in [0.15, 0.2) is 36.4 Å². The molecule has 2 aromatic carbocycles. The van der Waals surface area contributed by atoms with Gasteiger partial charge < -0.3 is 0 Å². The Labute approximate surface area is 205 Å². The van der Waals surface area contributed by atoms with Crippen LogP contribution in [0.25, 0.3) is 11.1 Å². The van der Waals surface area contributed by atoms with E-state index in [1.807, 2.05) is 0 Å². The normalized spacial score (nSPS) is 22.9. The maximum Gasteiger partial charge on any atom is 0.00550 e. The van der Waals surface area contributed by atoms with Gasteiger partial charge in [0.05, 0.1) is 0 Å². The highest BCUT2D eigenvalue weighted by Gasteiger charge is 2.82. The Balaban J connectivity index is 1.82. The summed E-state index contributed by atoms with van der Waals surface area (Å²) < 4.78 is 0. The van der Waals surface area contributed by atoms with Gasteiger partial charge in [-0.1, -0.05) is 110 Å². The third kappa shape index (κ3) is 3.26. The molecule has 0 aromatic heterocycles. The lowest BCUT2D eigenvalue weighted by atomic mass is 9.73. The van der Waals surface area contributed by atoms with E-state index >= 15 is 0 Å². The van der Waals surface area contributed by atoms with Crippen molar-refractivity contribution in [1.82, 2.24) is 0 Å². The molecule has 33 heavy (non-hydrogen) atoms. The summed E-state index contributed by atoms with van der Waals surface area (Å²) in [7, 11) is 3.05.